The van der Waals surface area contributed by atoms with Gasteiger partial charge in [-0.2, -0.15) is 0 Å². The van der Waals surface area contributed by atoms with E-state index in [4.69, 9.17) is 0 Å². The highest BCUT2D eigenvalue weighted by molar-refractivity contribution is 9.11. The van der Waals surface area contributed by atoms with Crippen LogP contribution < -0.4 is 0 Å². The molecule has 3 rings (SSSR count). The van der Waals surface area contributed by atoms with Crippen molar-refractivity contribution in [3.05, 3.63) is 50.5 Å². The van der Waals surface area contributed by atoms with E-state index in [1.807, 2.05) is 6.07 Å². The van der Waals surface area contributed by atoms with Gasteiger partial charge < -0.3 is 9.84 Å². The van der Waals surface area contributed by atoms with Crippen molar-refractivity contribution in [3.63, 3.8) is 0 Å². The van der Waals surface area contributed by atoms with Crippen molar-refractivity contribution in [1.82, 2.24) is 8.96 Å². The molecule has 1 aromatic carbocycles. The Hall–Kier alpha value is -1.42. The first-order valence-corrected chi connectivity index (χ1v) is 8.66. The van der Waals surface area contributed by atoms with Gasteiger partial charge in [0.1, 0.15) is 14.9 Å². The number of carbonyl (C=O) groups is 1. The Labute approximate surface area is 147 Å². The maximum atomic E-state index is 13.1. The fraction of sp³-hybridized carbons (Fsp3) is 0.143. The van der Waals surface area contributed by atoms with E-state index in [-0.39, 0.29) is 18.0 Å². The number of halogens is 2. The van der Waals surface area contributed by atoms with E-state index in [1.165, 1.54) is 17.3 Å². The number of rotatable bonds is 4. The Morgan fingerprint density at radius 1 is 1.52 bits per heavy atom. The number of hydrogen-bond donors (Lipinski definition) is 1. The number of methoxy groups -OCH3 is 1. The zero-order valence-electron chi connectivity index (χ0n) is 11.7. The van der Waals surface area contributed by atoms with Gasteiger partial charge in [0.15, 0.2) is 18.0 Å². The molecule has 3 aromatic rings. The second-order valence-electron chi connectivity index (χ2n) is 4.56. The van der Waals surface area contributed by atoms with Gasteiger partial charge in [0.25, 0.3) is 0 Å². The smallest absolute Gasteiger partial charge is 0.358 e. The summed E-state index contributed by atoms with van der Waals surface area (Å²) in [4.78, 5) is 15.8. The number of esters is 1. The number of fused-ring (bicyclic) bond motifs is 1. The third kappa shape index (κ3) is 2.89. The maximum absolute atomic E-state index is 13.1. The highest BCUT2D eigenvalue weighted by atomic mass is 79.9. The lowest BCUT2D eigenvalue weighted by Crippen LogP contribution is -2.04. The molecule has 0 amide bonds. The van der Waals surface area contributed by atoms with Crippen LogP contribution >= 0.6 is 39.6 Å². The van der Waals surface area contributed by atoms with Gasteiger partial charge in [0.05, 0.1) is 12.6 Å². The van der Waals surface area contributed by atoms with E-state index in [2.05, 4.69) is 25.7 Å². The molecule has 0 aliphatic heterocycles. The predicted octanol–water partition coefficient (Wildman–Crippen LogP) is 4.11. The molecule has 2 aromatic heterocycles. The summed E-state index contributed by atoms with van der Waals surface area (Å²) in [6.07, 6.45) is 0.445. The molecular formula is C14H10BrFN2O3S2. The van der Waals surface area contributed by atoms with Gasteiger partial charge in [-0.3, -0.25) is 3.97 Å². The molecule has 0 radical (unpaired) electrons. The number of aliphatic hydroxyl groups is 1. The normalized spacial score (nSPS) is 12.5. The van der Waals surface area contributed by atoms with E-state index in [1.54, 1.807) is 18.2 Å². The molecule has 0 spiro atoms. The molecule has 1 atom stereocenters. The molecule has 0 fully saturated rings. The topological polar surface area (TPSA) is 64.3 Å². The second kappa shape index (κ2) is 6.60. The number of ether oxygens (including phenoxy) is 1. The first kappa shape index (κ1) is 16.4. The van der Waals surface area contributed by atoms with Crippen molar-refractivity contribution in [1.29, 1.82) is 0 Å². The van der Waals surface area contributed by atoms with E-state index in [9.17, 15) is 13.8 Å². The van der Waals surface area contributed by atoms with Crippen LogP contribution in [0.4, 0.5) is 3.89 Å². The molecule has 1 unspecified atom stereocenters. The minimum Gasteiger partial charge on any atom is -0.464 e. The highest BCUT2D eigenvalue weighted by Crippen LogP contribution is 2.36. The summed E-state index contributed by atoms with van der Waals surface area (Å²) in [5.41, 5.74) is 1.27. The van der Waals surface area contributed by atoms with Crippen LogP contribution in [-0.2, 0) is 4.74 Å². The number of aliphatic hydroxyl groups excluding tert-OH is 1. The van der Waals surface area contributed by atoms with Crippen LogP contribution in [-0.4, -0.2) is 27.1 Å². The number of nitrogens with zero attached hydrogens (tertiary/aromatic N) is 2. The highest BCUT2D eigenvalue weighted by Gasteiger charge is 2.24. The average molecular weight is 417 g/mol. The standard InChI is InChI=1S/C14H10BrFN2O3S2/c1-21-14(20)10-12(15)22-13(17-10)11(19)8-6-18(23-16)9-5-3-2-4-7(8)9/h2-6,11,19H,1H3. The third-order valence-electron chi connectivity index (χ3n) is 3.29. The number of hydrogen-bond acceptors (Lipinski definition) is 6. The maximum Gasteiger partial charge on any atom is 0.358 e. The van der Waals surface area contributed by atoms with E-state index in [0.717, 1.165) is 16.7 Å². The second-order valence-corrected chi connectivity index (χ2v) is 7.44. The molecule has 0 saturated heterocycles. The Balaban J connectivity index is 2.07. The SMILES string of the molecule is COC(=O)c1nc(C(O)c2cn(SF)c3ccccc23)sc1Br. The molecule has 120 valence electrons. The van der Waals surface area contributed by atoms with Crippen LogP contribution in [0, 0.1) is 0 Å². The number of aromatic nitrogens is 2. The molecule has 0 aliphatic rings. The van der Waals surface area contributed by atoms with E-state index < -0.39 is 12.1 Å². The Morgan fingerprint density at radius 3 is 2.96 bits per heavy atom. The van der Waals surface area contributed by atoms with Gasteiger partial charge in [0.2, 0.25) is 0 Å². The molecule has 9 heteroatoms. The van der Waals surface area contributed by atoms with Crippen LogP contribution in [0.1, 0.15) is 27.2 Å². The fourth-order valence-corrected chi connectivity index (χ4v) is 4.16. The van der Waals surface area contributed by atoms with Gasteiger partial charge in [-0.05, 0) is 22.0 Å². The lowest BCUT2D eigenvalue weighted by molar-refractivity contribution is 0.0593. The van der Waals surface area contributed by atoms with Gasteiger partial charge in [-0.1, -0.05) is 18.2 Å². The van der Waals surface area contributed by atoms with Gasteiger partial charge >= 0.3 is 5.97 Å². The average Bonchev–Trinajstić information content (AvgIpc) is 3.14. The summed E-state index contributed by atoms with van der Waals surface area (Å²) in [6.45, 7) is 0. The third-order valence-corrected chi connectivity index (χ3v) is 5.50. The quantitative estimate of drug-likeness (QED) is 0.648. The Morgan fingerprint density at radius 2 is 2.26 bits per heavy atom. The van der Waals surface area contributed by atoms with Crippen molar-refractivity contribution in [3.8, 4) is 0 Å². The number of thiazole rings is 1. The molecular weight excluding hydrogens is 407 g/mol. The molecule has 0 saturated carbocycles. The zero-order chi connectivity index (χ0) is 16.6. The van der Waals surface area contributed by atoms with E-state index in [0.29, 0.717) is 19.9 Å². The summed E-state index contributed by atoms with van der Waals surface area (Å²) in [6, 6.07) is 7.16. The monoisotopic (exact) mass is 416 g/mol. The molecule has 0 bridgehead atoms. The van der Waals surface area contributed by atoms with E-state index >= 15 is 0 Å². The van der Waals surface area contributed by atoms with Gasteiger partial charge in [-0.15, -0.1) is 15.2 Å². The number of benzene rings is 1. The Bertz CT molecular complexity index is 880. The number of para-hydroxylation sites is 1. The van der Waals surface area contributed by atoms with Crippen LogP contribution in [0.2, 0.25) is 0 Å². The largest absolute Gasteiger partial charge is 0.464 e. The van der Waals surface area contributed by atoms with Crippen LogP contribution in [0.5, 0.6) is 0 Å². The summed E-state index contributed by atoms with van der Waals surface area (Å²) in [5, 5.41) is 11.7. The summed E-state index contributed by atoms with van der Waals surface area (Å²) in [5.74, 6) is -0.590. The molecule has 23 heavy (non-hydrogen) atoms. The Kier molecular flexibility index (Phi) is 4.72. The van der Waals surface area contributed by atoms with Crippen molar-refractivity contribution < 1.29 is 18.5 Å². The van der Waals surface area contributed by atoms with Crippen LogP contribution in [0.3, 0.4) is 0 Å². The lowest BCUT2D eigenvalue weighted by Gasteiger charge is -2.05. The predicted molar refractivity (Wildman–Crippen MR) is 91.3 cm³/mol. The lowest BCUT2D eigenvalue weighted by atomic mass is 10.1. The van der Waals surface area contributed by atoms with Crippen molar-refractivity contribution in [2.75, 3.05) is 7.11 Å². The first-order chi connectivity index (χ1) is 11.1. The molecule has 0 aliphatic carbocycles. The van der Waals surface area contributed by atoms with Crippen LogP contribution in [0.15, 0.2) is 34.2 Å². The van der Waals surface area contributed by atoms with Crippen LogP contribution in [0.25, 0.3) is 10.9 Å². The fourth-order valence-electron chi connectivity index (χ4n) is 2.24. The van der Waals surface area contributed by atoms with Crippen molar-refractivity contribution >= 4 is 56.5 Å². The van der Waals surface area contributed by atoms with Gasteiger partial charge in [0, 0.05) is 17.1 Å². The number of carbonyl (C=O) groups excluding carboxylic acids is 1. The minimum atomic E-state index is -1.08. The summed E-state index contributed by atoms with van der Waals surface area (Å²) in [7, 11) is 1.26. The first-order valence-electron chi connectivity index (χ1n) is 6.38. The summed E-state index contributed by atoms with van der Waals surface area (Å²) >= 11 is 4.43. The van der Waals surface area contributed by atoms with Crippen molar-refractivity contribution in [2.45, 2.75) is 6.10 Å². The van der Waals surface area contributed by atoms with Gasteiger partial charge in [-0.25, -0.2) is 9.78 Å². The minimum absolute atomic E-state index is 0.0538. The molecule has 2 heterocycles. The molecule has 1 N–H and O–H groups in total. The summed E-state index contributed by atoms with van der Waals surface area (Å²) < 4.78 is 19.5. The molecule has 5 nitrogen and oxygen atoms in total. The zero-order valence-corrected chi connectivity index (χ0v) is 14.9. The van der Waals surface area contributed by atoms with Crippen molar-refractivity contribution in [2.24, 2.45) is 0 Å².